The Labute approximate surface area is 160 Å². The second-order valence-corrected chi connectivity index (χ2v) is 6.92. The topological polar surface area (TPSA) is 57.4 Å². The van der Waals surface area contributed by atoms with Gasteiger partial charge < -0.3 is 14.0 Å². The first-order valence-corrected chi connectivity index (χ1v) is 9.70. The van der Waals surface area contributed by atoms with Gasteiger partial charge in [-0.2, -0.15) is 4.98 Å². The zero-order valence-corrected chi connectivity index (χ0v) is 16.4. The molecule has 0 fully saturated rings. The van der Waals surface area contributed by atoms with Gasteiger partial charge in [-0.3, -0.25) is 0 Å². The van der Waals surface area contributed by atoms with E-state index in [1.165, 1.54) is 12.8 Å². The number of benzene rings is 2. The van der Waals surface area contributed by atoms with Crippen LogP contribution in [0.1, 0.15) is 51.3 Å². The van der Waals surface area contributed by atoms with Crippen molar-refractivity contribution in [2.24, 2.45) is 0 Å². The Morgan fingerprint density at radius 2 is 1.85 bits per heavy atom. The van der Waals surface area contributed by atoms with Crippen molar-refractivity contribution in [3.8, 4) is 17.1 Å². The standard InChI is InChI=1S/C22H28N2O3/c1-4-5-7-16(2)22-23-21(24-27-22)19-9-8-18-15-20(11-10-17(18)14-19)26-13-6-12-25-3/h8-11,14-16H,4-7,12-13H2,1-3H3/t16-/m0/s1. The van der Waals surface area contributed by atoms with E-state index in [0.717, 1.165) is 40.8 Å². The molecule has 0 saturated heterocycles. The minimum atomic E-state index is 0.296. The van der Waals surface area contributed by atoms with Gasteiger partial charge in [0.05, 0.1) is 6.61 Å². The van der Waals surface area contributed by atoms with Gasteiger partial charge in [0.2, 0.25) is 11.7 Å². The fraction of sp³-hybridized carbons (Fsp3) is 0.455. The smallest absolute Gasteiger partial charge is 0.229 e. The van der Waals surface area contributed by atoms with Gasteiger partial charge >= 0.3 is 0 Å². The van der Waals surface area contributed by atoms with Crippen LogP contribution in [0.3, 0.4) is 0 Å². The molecule has 0 bridgehead atoms. The van der Waals surface area contributed by atoms with Crippen molar-refractivity contribution in [3.05, 3.63) is 42.3 Å². The Morgan fingerprint density at radius 3 is 2.67 bits per heavy atom. The zero-order valence-electron chi connectivity index (χ0n) is 16.4. The van der Waals surface area contributed by atoms with Crippen LogP contribution in [-0.2, 0) is 4.74 Å². The molecule has 5 heteroatoms. The van der Waals surface area contributed by atoms with Crippen LogP contribution in [0.25, 0.3) is 22.2 Å². The average Bonchev–Trinajstić information content (AvgIpc) is 3.19. The third kappa shape index (κ3) is 5.07. The van der Waals surface area contributed by atoms with Crippen LogP contribution >= 0.6 is 0 Å². The highest BCUT2D eigenvalue weighted by atomic mass is 16.5. The fourth-order valence-corrected chi connectivity index (χ4v) is 3.03. The molecule has 3 rings (SSSR count). The maximum Gasteiger partial charge on any atom is 0.229 e. The number of hydrogen-bond acceptors (Lipinski definition) is 5. The lowest BCUT2D eigenvalue weighted by molar-refractivity contribution is 0.172. The zero-order chi connectivity index (χ0) is 19.1. The molecule has 1 atom stereocenters. The van der Waals surface area contributed by atoms with Gasteiger partial charge in [0.25, 0.3) is 0 Å². The summed E-state index contributed by atoms with van der Waals surface area (Å²) < 4.78 is 16.3. The molecule has 2 aromatic carbocycles. The van der Waals surface area contributed by atoms with Crippen molar-refractivity contribution in [2.45, 2.75) is 45.4 Å². The van der Waals surface area contributed by atoms with Crippen LogP contribution in [0, 0.1) is 0 Å². The van der Waals surface area contributed by atoms with E-state index in [2.05, 4.69) is 48.3 Å². The van der Waals surface area contributed by atoms with E-state index in [4.69, 9.17) is 14.0 Å². The quantitative estimate of drug-likeness (QED) is 0.436. The second-order valence-electron chi connectivity index (χ2n) is 6.92. The summed E-state index contributed by atoms with van der Waals surface area (Å²) in [4.78, 5) is 4.60. The molecule has 144 valence electrons. The maximum atomic E-state index is 5.77. The van der Waals surface area contributed by atoms with Crippen LogP contribution in [0.2, 0.25) is 0 Å². The molecule has 3 aromatic rings. The van der Waals surface area contributed by atoms with Crippen LogP contribution in [0.15, 0.2) is 40.9 Å². The Kier molecular flexibility index (Phi) is 6.82. The number of nitrogens with zero attached hydrogens (tertiary/aromatic N) is 2. The van der Waals surface area contributed by atoms with Crippen LogP contribution < -0.4 is 4.74 Å². The third-order valence-electron chi connectivity index (χ3n) is 4.69. The highest BCUT2D eigenvalue weighted by molar-refractivity contribution is 5.87. The number of hydrogen-bond donors (Lipinski definition) is 0. The van der Waals surface area contributed by atoms with Gasteiger partial charge in [-0.05, 0) is 35.4 Å². The summed E-state index contributed by atoms with van der Waals surface area (Å²) in [7, 11) is 1.70. The van der Waals surface area contributed by atoms with E-state index in [9.17, 15) is 0 Å². The van der Waals surface area contributed by atoms with Crippen molar-refractivity contribution in [1.29, 1.82) is 0 Å². The van der Waals surface area contributed by atoms with Gasteiger partial charge in [-0.1, -0.05) is 50.0 Å². The number of fused-ring (bicyclic) bond motifs is 1. The summed E-state index contributed by atoms with van der Waals surface area (Å²) in [5.74, 6) is 2.54. The summed E-state index contributed by atoms with van der Waals surface area (Å²) in [6, 6.07) is 12.3. The molecule has 0 aliphatic rings. The fourth-order valence-electron chi connectivity index (χ4n) is 3.03. The van der Waals surface area contributed by atoms with Gasteiger partial charge in [0, 0.05) is 31.6 Å². The first kappa shape index (κ1) is 19.4. The molecule has 0 aliphatic heterocycles. The van der Waals surface area contributed by atoms with Crippen molar-refractivity contribution in [2.75, 3.05) is 20.3 Å². The molecular weight excluding hydrogens is 340 g/mol. The van der Waals surface area contributed by atoms with E-state index in [1.807, 2.05) is 12.1 Å². The number of methoxy groups -OCH3 is 1. The predicted molar refractivity (Wildman–Crippen MR) is 107 cm³/mol. The molecule has 5 nitrogen and oxygen atoms in total. The van der Waals surface area contributed by atoms with Crippen molar-refractivity contribution in [1.82, 2.24) is 10.1 Å². The van der Waals surface area contributed by atoms with Crippen LogP contribution in [0.5, 0.6) is 5.75 Å². The highest BCUT2D eigenvalue weighted by Crippen LogP contribution is 2.27. The molecule has 0 saturated carbocycles. The highest BCUT2D eigenvalue weighted by Gasteiger charge is 2.15. The molecule has 0 radical (unpaired) electrons. The van der Waals surface area contributed by atoms with Crippen LogP contribution in [0.4, 0.5) is 0 Å². The summed E-state index contributed by atoms with van der Waals surface area (Å²) in [5, 5.41) is 6.43. The molecule has 0 unspecified atom stereocenters. The molecule has 0 aliphatic carbocycles. The van der Waals surface area contributed by atoms with E-state index in [-0.39, 0.29) is 0 Å². The summed E-state index contributed by atoms with van der Waals surface area (Å²) in [5.41, 5.74) is 0.967. The molecule has 27 heavy (non-hydrogen) atoms. The molecule has 1 aromatic heterocycles. The second kappa shape index (κ2) is 9.51. The first-order valence-electron chi connectivity index (χ1n) is 9.70. The summed E-state index contributed by atoms with van der Waals surface area (Å²) >= 11 is 0. The van der Waals surface area contributed by atoms with E-state index < -0.39 is 0 Å². The normalized spacial score (nSPS) is 12.4. The van der Waals surface area contributed by atoms with Gasteiger partial charge in [0.1, 0.15) is 5.75 Å². The molecular formula is C22H28N2O3. The number of unbranched alkanes of at least 4 members (excludes halogenated alkanes) is 1. The summed E-state index contributed by atoms with van der Waals surface area (Å²) in [6.07, 6.45) is 4.30. The SMILES string of the molecule is CCCC[C@H](C)c1nc(-c2ccc3cc(OCCCOC)ccc3c2)no1. The molecule has 0 amide bonds. The van der Waals surface area contributed by atoms with Crippen molar-refractivity contribution in [3.63, 3.8) is 0 Å². The monoisotopic (exact) mass is 368 g/mol. The Morgan fingerprint density at radius 1 is 1.04 bits per heavy atom. The Bertz CT molecular complexity index is 860. The maximum absolute atomic E-state index is 5.77. The Balaban J connectivity index is 1.72. The minimum absolute atomic E-state index is 0.296. The molecule has 0 spiro atoms. The minimum Gasteiger partial charge on any atom is -0.493 e. The van der Waals surface area contributed by atoms with Crippen molar-refractivity contribution >= 4 is 10.8 Å². The lowest BCUT2D eigenvalue weighted by atomic mass is 10.0. The van der Waals surface area contributed by atoms with Gasteiger partial charge in [-0.15, -0.1) is 0 Å². The largest absolute Gasteiger partial charge is 0.493 e. The van der Waals surface area contributed by atoms with Crippen LogP contribution in [-0.4, -0.2) is 30.5 Å². The Hall–Kier alpha value is -2.40. The third-order valence-corrected chi connectivity index (χ3v) is 4.69. The number of aromatic nitrogens is 2. The van der Waals surface area contributed by atoms with E-state index in [1.54, 1.807) is 7.11 Å². The van der Waals surface area contributed by atoms with E-state index in [0.29, 0.717) is 25.0 Å². The summed E-state index contributed by atoms with van der Waals surface area (Å²) in [6.45, 7) is 5.69. The number of rotatable bonds is 10. The first-order chi connectivity index (χ1) is 13.2. The van der Waals surface area contributed by atoms with Gasteiger partial charge in [0.15, 0.2) is 0 Å². The predicted octanol–water partition coefficient (Wildman–Crippen LogP) is 5.60. The molecule has 1 heterocycles. The lowest BCUT2D eigenvalue weighted by Crippen LogP contribution is -2.01. The molecule has 0 N–H and O–H groups in total. The van der Waals surface area contributed by atoms with Gasteiger partial charge in [-0.25, -0.2) is 0 Å². The lowest BCUT2D eigenvalue weighted by Gasteiger charge is -2.07. The van der Waals surface area contributed by atoms with Crippen molar-refractivity contribution < 1.29 is 14.0 Å². The van der Waals surface area contributed by atoms with E-state index >= 15 is 0 Å². The number of ether oxygens (including phenoxy) is 2. The average molecular weight is 368 g/mol.